The van der Waals surface area contributed by atoms with Crippen LogP contribution in [0.5, 0.6) is 0 Å². The number of aromatic nitrogens is 2. The topological polar surface area (TPSA) is 72.0 Å². The lowest BCUT2D eigenvalue weighted by Crippen LogP contribution is -2.13. The predicted molar refractivity (Wildman–Crippen MR) is 91.9 cm³/mol. The van der Waals surface area contributed by atoms with Gasteiger partial charge in [-0.1, -0.05) is 36.4 Å². The lowest BCUT2D eigenvalue weighted by molar-refractivity contribution is -0.116. The SMILES string of the molecule is O=C(CCC(=O)c1cccs1)Nc1nc(-c2ccccc2)ns1. The van der Waals surface area contributed by atoms with Crippen LogP contribution in [0.2, 0.25) is 0 Å². The molecule has 2 heterocycles. The van der Waals surface area contributed by atoms with E-state index in [0.717, 1.165) is 17.1 Å². The first-order chi connectivity index (χ1) is 11.2. The number of amides is 1. The molecule has 1 N–H and O–H groups in total. The Morgan fingerprint density at radius 2 is 1.87 bits per heavy atom. The highest BCUT2D eigenvalue weighted by atomic mass is 32.1. The molecule has 116 valence electrons. The van der Waals surface area contributed by atoms with Gasteiger partial charge in [0.2, 0.25) is 11.0 Å². The van der Waals surface area contributed by atoms with Crippen molar-refractivity contribution in [1.29, 1.82) is 0 Å². The third-order valence-electron chi connectivity index (χ3n) is 3.08. The zero-order valence-corrected chi connectivity index (χ0v) is 13.7. The Labute approximate surface area is 141 Å². The number of nitrogens with one attached hydrogen (secondary N) is 1. The average Bonchev–Trinajstić information content (AvgIpc) is 3.25. The average molecular weight is 343 g/mol. The molecule has 0 aliphatic rings. The maximum Gasteiger partial charge on any atom is 0.226 e. The second-order valence-corrected chi connectivity index (χ2v) is 6.44. The van der Waals surface area contributed by atoms with Crippen molar-refractivity contribution < 1.29 is 9.59 Å². The van der Waals surface area contributed by atoms with Crippen molar-refractivity contribution in [3.63, 3.8) is 0 Å². The lowest BCUT2D eigenvalue weighted by atomic mass is 10.2. The highest BCUT2D eigenvalue weighted by Gasteiger charge is 2.12. The Kier molecular flexibility index (Phi) is 4.89. The summed E-state index contributed by atoms with van der Waals surface area (Å²) < 4.78 is 4.23. The van der Waals surface area contributed by atoms with Crippen LogP contribution in [-0.4, -0.2) is 21.0 Å². The Balaban J connectivity index is 1.54. The predicted octanol–water partition coefficient (Wildman–Crippen LogP) is 3.87. The minimum absolute atomic E-state index is 0.0163. The number of carbonyl (C=O) groups excluding carboxylic acids is 2. The molecule has 1 aromatic carbocycles. The Morgan fingerprint density at radius 1 is 1.04 bits per heavy atom. The third-order valence-corrected chi connectivity index (χ3v) is 4.62. The minimum Gasteiger partial charge on any atom is -0.301 e. The van der Waals surface area contributed by atoms with Crippen LogP contribution in [-0.2, 0) is 4.79 Å². The van der Waals surface area contributed by atoms with Crippen LogP contribution in [0.3, 0.4) is 0 Å². The lowest BCUT2D eigenvalue weighted by Gasteiger charge is -2.00. The first-order valence-corrected chi connectivity index (χ1v) is 8.63. The van der Waals surface area contributed by atoms with Gasteiger partial charge in [-0.25, -0.2) is 0 Å². The monoisotopic (exact) mass is 343 g/mol. The molecule has 23 heavy (non-hydrogen) atoms. The van der Waals surface area contributed by atoms with E-state index in [0.29, 0.717) is 15.8 Å². The molecule has 0 aliphatic carbocycles. The molecule has 5 nitrogen and oxygen atoms in total. The Morgan fingerprint density at radius 3 is 2.61 bits per heavy atom. The number of thiophene rings is 1. The van der Waals surface area contributed by atoms with Crippen LogP contribution < -0.4 is 5.32 Å². The molecule has 2 aromatic heterocycles. The molecule has 0 radical (unpaired) electrons. The van der Waals surface area contributed by atoms with E-state index in [1.54, 1.807) is 6.07 Å². The van der Waals surface area contributed by atoms with E-state index in [4.69, 9.17) is 0 Å². The zero-order valence-electron chi connectivity index (χ0n) is 12.1. The van der Waals surface area contributed by atoms with Crippen molar-refractivity contribution in [3.05, 3.63) is 52.7 Å². The van der Waals surface area contributed by atoms with E-state index < -0.39 is 0 Å². The van der Waals surface area contributed by atoms with Gasteiger partial charge >= 0.3 is 0 Å². The molecule has 3 aromatic rings. The first kappa shape index (κ1) is 15.5. The molecule has 0 atom stereocenters. The Bertz CT molecular complexity index is 798. The fourth-order valence-electron chi connectivity index (χ4n) is 1.95. The molecule has 0 bridgehead atoms. The number of anilines is 1. The van der Waals surface area contributed by atoms with Gasteiger partial charge in [0, 0.05) is 29.9 Å². The van der Waals surface area contributed by atoms with Crippen molar-refractivity contribution in [2.75, 3.05) is 5.32 Å². The zero-order chi connectivity index (χ0) is 16.1. The third kappa shape index (κ3) is 4.08. The summed E-state index contributed by atoms with van der Waals surface area (Å²) in [5, 5.41) is 4.98. The van der Waals surface area contributed by atoms with Gasteiger partial charge in [-0.3, -0.25) is 9.59 Å². The van der Waals surface area contributed by atoms with Crippen LogP contribution in [0.4, 0.5) is 5.13 Å². The first-order valence-electron chi connectivity index (χ1n) is 6.98. The quantitative estimate of drug-likeness (QED) is 0.690. The smallest absolute Gasteiger partial charge is 0.226 e. The van der Waals surface area contributed by atoms with Gasteiger partial charge in [0.05, 0.1) is 4.88 Å². The number of ketones is 1. The molecule has 3 rings (SSSR count). The summed E-state index contributed by atoms with van der Waals surface area (Å²) in [6, 6.07) is 13.1. The van der Waals surface area contributed by atoms with Gasteiger partial charge in [0.15, 0.2) is 11.6 Å². The number of nitrogens with zero attached hydrogens (tertiary/aromatic N) is 2. The van der Waals surface area contributed by atoms with Crippen molar-refractivity contribution in [2.24, 2.45) is 0 Å². The summed E-state index contributed by atoms with van der Waals surface area (Å²) in [7, 11) is 0. The molecule has 1 amide bonds. The van der Waals surface area contributed by atoms with E-state index in [1.165, 1.54) is 11.3 Å². The molecular weight excluding hydrogens is 330 g/mol. The Hall–Kier alpha value is -2.38. The van der Waals surface area contributed by atoms with Crippen molar-refractivity contribution in [1.82, 2.24) is 9.36 Å². The second kappa shape index (κ2) is 7.26. The minimum atomic E-state index is -0.231. The summed E-state index contributed by atoms with van der Waals surface area (Å²) in [5.74, 6) is 0.337. The van der Waals surface area contributed by atoms with Gasteiger partial charge in [-0.2, -0.15) is 9.36 Å². The number of hydrogen-bond acceptors (Lipinski definition) is 6. The van der Waals surface area contributed by atoms with Crippen LogP contribution in [0.15, 0.2) is 47.8 Å². The van der Waals surface area contributed by atoms with Crippen LogP contribution in [0.1, 0.15) is 22.5 Å². The van der Waals surface area contributed by atoms with E-state index in [2.05, 4.69) is 14.7 Å². The molecular formula is C16H13N3O2S2. The molecule has 7 heteroatoms. The van der Waals surface area contributed by atoms with E-state index >= 15 is 0 Å². The van der Waals surface area contributed by atoms with E-state index in [1.807, 2.05) is 41.8 Å². The van der Waals surface area contributed by atoms with Crippen molar-refractivity contribution >= 4 is 39.7 Å². The van der Waals surface area contributed by atoms with Gasteiger partial charge < -0.3 is 5.32 Å². The maximum absolute atomic E-state index is 11.9. The molecule has 0 aliphatic heterocycles. The standard InChI is InChI=1S/C16H13N3O2S2/c20-12(13-7-4-10-22-13)8-9-14(21)17-16-18-15(19-23-16)11-5-2-1-3-6-11/h1-7,10H,8-9H2,(H,17,18,19,21). The van der Waals surface area contributed by atoms with Crippen molar-refractivity contribution in [2.45, 2.75) is 12.8 Å². The number of hydrogen-bond donors (Lipinski definition) is 1. The largest absolute Gasteiger partial charge is 0.301 e. The van der Waals surface area contributed by atoms with Crippen LogP contribution >= 0.6 is 22.9 Å². The molecule has 0 saturated heterocycles. The van der Waals surface area contributed by atoms with Crippen LogP contribution in [0, 0.1) is 0 Å². The van der Waals surface area contributed by atoms with Crippen molar-refractivity contribution in [3.8, 4) is 11.4 Å². The van der Waals surface area contributed by atoms with E-state index in [-0.39, 0.29) is 24.5 Å². The number of carbonyl (C=O) groups is 2. The van der Waals surface area contributed by atoms with Gasteiger partial charge in [-0.15, -0.1) is 11.3 Å². The summed E-state index contributed by atoms with van der Waals surface area (Å²) >= 11 is 2.51. The summed E-state index contributed by atoms with van der Waals surface area (Å²) in [5.41, 5.74) is 0.900. The molecule has 0 saturated carbocycles. The molecule has 0 spiro atoms. The van der Waals surface area contributed by atoms with Gasteiger partial charge in [0.1, 0.15) is 0 Å². The fraction of sp³-hybridized carbons (Fsp3) is 0.125. The van der Waals surface area contributed by atoms with Gasteiger partial charge in [0.25, 0.3) is 0 Å². The normalized spacial score (nSPS) is 10.4. The number of Topliss-reactive ketones (excluding diaryl/α,β-unsaturated/α-hetero) is 1. The maximum atomic E-state index is 11.9. The summed E-state index contributed by atoms with van der Waals surface area (Å²) in [6.07, 6.45) is 0.327. The summed E-state index contributed by atoms with van der Waals surface area (Å²) in [4.78, 5) is 28.7. The van der Waals surface area contributed by atoms with E-state index in [9.17, 15) is 9.59 Å². The fourth-order valence-corrected chi connectivity index (χ4v) is 3.25. The number of benzene rings is 1. The molecule has 0 unspecified atom stereocenters. The molecule has 0 fully saturated rings. The summed E-state index contributed by atoms with van der Waals surface area (Å²) in [6.45, 7) is 0. The highest BCUT2D eigenvalue weighted by molar-refractivity contribution is 7.12. The second-order valence-electron chi connectivity index (χ2n) is 4.74. The van der Waals surface area contributed by atoms with Crippen LogP contribution in [0.25, 0.3) is 11.4 Å². The number of rotatable bonds is 6. The highest BCUT2D eigenvalue weighted by Crippen LogP contribution is 2.21. The van der Waals surface area contributed by atoms with Gasteiger partial charge in [-0.05, 0) is 11.4 Å².